The summed E-state index contributed by atoms with van der Waals surface area (Å²) in [6, 6.07) is 3.03. The zero-order chi connectivity index (χ0) is 12.5. The van der Waals surface area contributed by atoms with Gasteiger partial charge in [0.25, 0.3) is 0 Å². The molecule has 0 radical (unpaired) electrons. The standard InChI is InChI=1S/C10H14ClNO3S2/c11-9-3-4-10(16-9)17(14,15)12-6-5-8(13)7-1-2-7/h3-4,7-8,12-13H,1-2,5-6H2/t8-/m1/s1. The molecule has 0 saturated heterocycles. The minimum Gasteiger partial charge on any atom is -0.393 e. The van der Waals surface area contributed by atoms with Gasteiger partial charge in [0.15, 0.2) is 0 Å². The average Bonchev–Trinajstić information content (AvgIpc) is 3.01. The number of hydrogen-bond acceptors (Lipinski definition) is 4. The van der Waals surface area contributed by atoms with Crippen LogP contribution in [0.1, 0.15) is 19.3 Å². The van der Waals surface area contributed by atoms with E-state index in [1.807, 2.05) is 0 Å². The first-order valence-corrected chi connectivity index (χ1v) is 8.10. The normalized spacial score (nSPS) is 18.2. The second-order valence-corrected chi connectivity index (χ2v) is 7.86. The predicted molar refractivity (Wildman–Crippen MR) is 67.9 cm³/mol. The maximum Gasteiger partial charge on any atom is 0.250 e. The summed E-state index contributed by atoms with van der Waals surface area (Å²) in [4.78, 5) is 0. The number of halogens is 1. The Hall–Kier alpha value is -0.140. The molecule has 0 bridgehead atoms. The van der Waals surface area contributed by atoms with E-state index in [1.54, 1.807) is 6.07 Å². The summed E-state index contributed by atoms with van der Waals surface area (Å²) >= 11 is 6.71. The molecule has 1 aliphatic carbocycles. The van der Waals surface area contributed by atoms with Crippen LogP contribution in [0.4, 0.5) is 0 Å². The smallest absolute Gasteiger partial charge is 0.250 e. The second kappa shape index (κ2) is 5.24. The van der Waals surface area contributed by atoms with Crippen molar-refractivity contribution in [3.8, 4) is 0 Å². The van der Waals surface area contributed by atoms with Crippen LogP contribution in [0.15, 0.2) is 16.3 Å². The number of nitrogens with one attached hydrogen (secondary N) is 1. The van der Waals surface area contributed by atoms with Gasteiger partial charge in [-0.2, -0.15) is 0 Å². The zero-order valence-electron chi connectivity index (χ0n) is 9.10. The van der Waals surface area contributed by atoms with Gasteiger partial charge in [0.2, 0.25) is 10.0 Å². The van der Waals surface area contributed by atoms with Crippen molar-refractivity contribution in [2.75, 3.05) is 6.54 Å². The monoisotopic (exact) mass is 295 g/mol. The molecule has 7 heteroatoms. The summed E-state index contributed by atoms with van der Waals surface area (Å²) in [5, 5.41) is 9.61. The Morgan fingerprint density at radius 2 is 2.24 bits per heavy atom. The SMILES string of the molecule is O=S(=O)(NCC[C@@H](O)C1CC1)c1ccc(Cl)s1. The molecule has 1 aliphatic rings. The van der Waals surface area contributed by atoms with Crippen LogP contribution in [0, 0.1) is 5.92 Å². The number of rotatable bonds is 6. The first kappa shape index (κ1) is 13.3. The number of thiophene rings is 1. The van der Waals surface area contributed by atoms with Gasteiger partial charge in [0, 0.05) is 6.54 Å². The molecule has 0 amide bonds. The van der Waals surface area contributed by atoms with Gasteiger partial charge in [-0.1, -0.05) is 11.6 Å². The van der Waals surface area contributed by atoms with Crippen LogP contribution in [0.5, 0.6) is 0 Å². The molecule has 0 spiro atoms. The van der Waals surface area contributed by atoms with Crippen LogP contribution >= 0.6 is 22.9 Å². The Morgan fingerprint density at radius 3 is 2.76 bits per heavy atom. The molecule has 96 valence electrons. The van der Waals surface area contributed by atoms with Crippen molar-refractivity contribution < 1.29 is 13.5 Å². The lowest BCUT2D eigenvalue weighted by Crippen LogP contribution is -2.27. The largest absolute Gasteiger partial charge is 0.393 e. The Morgan fingerprint density at radius 1 is 1.53 bits per heavy atom. The molecule has 0 aliphatic heterocycles. The van der Waals surface area contributed by atoms with Crippen LogP contribution in [0.3, 0.4) is 0 Å². The van der Waals surface area contributed by atoms with Crippen molar-refractivity contribution in [1.29, 1.82) is 0 Å². The summed E-state index contributed by atoms with van der Waals surface area (Å²) in [7, 11) is -3.47. The zero-order valence-corrected chi connectivity index (χ0v) is 11.5. The molecule has 4 nitrogen and oxygen atoms in total. The number of hydrogen-bond donors (Lipinski definition) is 2. The van der Waals surface area contributed by atoms with Crippen LogP contribution in [0.2, 0.25) is 4.34 Å². The molecule has 2 N–H and O–H groups in total. The highest BCUT2D eigenvalue weighted by molar-refractivity contribution is 7.91. The van der Waals surface area contributed by atoms with Gasteiger partial charge in [-0.15, -0.1) is 11.3 Å². The molecule has 17 heavy (non-hydrogen) atoms. The van der Waals surface area contributed by atoms with Gasteiger partial charge < -0.3 is 5.11 Å². The van der Waals surface area contributed by atoms with Gasteiger partial charge in [0.1, 0.15) is 4.21 Å². The summed E-state index contributed by atoms with van der Waals surface area (Å²) in [6.45, 7) is 0.259. The number of aliphatic hydroxyl groups is 1. The van der Waals surface area contributed by atoms with Gasteiger partial charge in [0.05, 0.1) is 10.4 Å². The van der Waals surface area contributed by atoms with E-state index in [2.05, 4.69) is 4.72 Å². The van der Waals surface area contributed by atoms with Crippen LogP contribution in [0.25, 0.3) is 0 Å². The molecule has 1 saturated carbocycles. The third kappa shape index (κ3) is 3.66. The van der Waals surface area contributed by atoms with E-state index < -0.39 is 10.0 Å². The van der Waals surface area contributed by atoms with E-state index in [4.69, 9.17) is 11.6 Å². The quantitative estimate of drug-likeness (QED) is 0.841. The van der Waals surface area contributed by atoms with Crippen LogP contribution in [-0.4, -0.2) is 26.2 Å². The molecular formula is C10H14ClNO3S2. The fourth-order valence-corrected chi connectivity index (χ4v) is 4.15. The van der Waals surface area contributed by atoms with Gasteiger partial charge >= 0.3 is 0 Å². The highest BCUT2D eigenvalue weighted by Crippen LogP contribution is 2.33. The topological polar surface area (TPSA) is 66.4 Å². The van der Waals surface area contributed by atoms with Crippen LogP contribution < -0.4 is 4.72 Å². The highest BCUT2D eigenvalue weighted by Gasteiger charge is 2.29. The molecule has 1 fully saturated rings. The maximum atomic E-state index is 11.8. The van der Waals surface area contributed by atoms with Crippen molar-refractivity contribution in [2.45, 2.75) is 29.6 Å². The third-order valence-electron chi connectivity index (χ3n) is 2.71. The molecule has 2 rings (SSSR count). The number of sulfonamides is 1. The van der Waals surface area contributed by atoms with Gasteiger partial charge in [-0.05, 0) is 37.3 Å². The minimum absolute atomic E-state index is 0.211. The van der Waals surface area contributed by atoms with Gasteiger partial charge in [-0.25, -0.2) is 13.1 Å². The van der Waals surface area contributed by atoms with E-state index in [1.165, 1.54) is 6.07 Å². The molecule has 1 heterocycles. The Bertz CT molecular complexity index is 481. The van der Waals surface area contributed by atoms with Crippen molar-refractivity contribution in [3.05, 3.63) is 16.5 Å². The van der Waals surface area contributed by atoms with E-state index in [9.17, 15) is 13.5 Å². The van der Waals surface area contributed by atoms with Gasteiger partial charge in [-0.3, -0.25) is 0 Å². The lowest BCUT2D eigenvalue weighted by Gasteiger charge is -2.09. The van der Waals surface area contributed by atoms with E-state index in [0.29, 0.717) is 16.7 Å². The third-order valence-corrected chi connectivity index (χ3v) is 5.90. The Kier molecular flexibility index (Phi) is 4.10. The van der Waals surface area contributed by atoms with Crippen molar-refractivity contribution in [2.24, 2.45) is 5.92 Å². The number of aliphatic hydroxyl groups excluding tert-OH is 1. The fraction of sp³-hybridized carbons (Fsp3) is 0.600. The Balaban J connectivity index is 1.85. The second-order valence-electron chi connectivity index (χ2n) is 4.15. The molecule has 1 aromatic heterocycles. The van der Waals surface area contributed by atoms with Crippen molar-refractivity contribution in [3.63, 3.8) is 0 Å². The van der Waals surface area contributed by atoms with E-state index >= 15 is 0 Å². The highest BCUT2D eigenvalue weighted by atomic mass is 35.5. The lowest BCUT2D eigenvalue weighted by atomic mass is 10.2. The minimum atomic E-state index is -3.47. The summed E-state index contributed by atoms with van der Waals surface area (Å²) in [5.41, 5.74) is 0. The average molecular weight is 296 g/mol. The molecule has 0 unspecified atom stereocenters. The van der Waals surface area contributed by atoms with Crippen molar-refractivity contribution in [1.82, 2.24) is 4.72 Å². The lowest BCUT2D eigenvalue weighted by molar-refractivity contribution is 0.143. The van der Waals surface area contributed by atoms with E-state index in [-0.39, 0.29) is 16.9 Å². The molecule has 0 aromatic carbocycles. The molecule has 1 aromatic rings. The summed E-state index contributed by atoms with van der Waals surface area (Å²) in [5.74, 6) is 0.371. The van der Waals surface area contributed by atoms with Crippen LogP contribution in [-0.2, 0) is 10.0 Å². The van der Waals surface area contributed by atoms with Crippen molar-refractivity contribution >= 4 is 33.0 Å². The Labute approximate surface area is 110 Å². The molecular weight excluding hydrogens is 282 g/mol. The maximum absolute atomic E-state index is 11.8. The first-order valence-electron chi connectivity index (χ1n) is 5.42. The summed E-state index contributed by atoms with van der Waals surface area (Å²) in [6.07, 6.45) is 2.18. The first-order chi connectivity index (χ1) is 7.99. The fourth-order valence-electron chi connectivity index (χ4n) is 1.57. The predicted octanol–water partition coefficient (Wildman–Crippen LogP) is 1.84. The molecule has 1 atom stereocenters. The van der Waals surface area contributed by atoms with E-state index in [0.717, 1.165) is 24.2 Å². The summed E-state index contributed by atoms with van der Waals surface area (Å²) < 4.78 is 26.7.